The lowest BCUT2D eigenvalue weighted by Crippen LogP contribution is -2.15. The molecule has 0 saturated heterocycles. The first-order valence-corrected chi connectivity index (χ1v) is 4.86. The summed E-state index contributed by atoms with van der Waals surface area (Å²) in [6, 6.07) is 2.00. The lowest BCUT2D eigenvalue weighted by Gasteiger charge is -2.26. The van der Waals surface area contributed by atoms with Gasteiger partial charge in [0.05, 0.1) is 0 Å². The topological polar surface area (TPSA) is 39.2 Å². The van der Waals surface area contributed by atoms with Gasteiger partial charge >= 0.3 is 0 Å². The summed E-state index contributed by atoms with van der Waals surface area (Å²) in [4.78, 5) is 0. The Balaban J connectivity index is 2.37. The molecule has 0 fully saturated rings. The van der Waals surface area contributed by atoms with E-state index >= 15 is 0 Å². The van der Waals surface area contributed by atoms with Crippen molar-refractivity contribution in [1.82, 2.24) is 0 Å². The number of hydrogen-bond donors (Lipinski definition) is 1. The molecule has 13 heavy (non-hydrogen) atoms. The normalized spacial score (nSPS) is 21.9. The van der Waals surface area contributed by atoms with Crippen molar-refractivity contribution in [2.24, 2.45) is 5.41 Å². The Bertz CT molecular complexity index is 319. The number of fused-ring (bicyclic) bond motifs is 1. The third-order valence-electron chi connectivity index (χ3n) is 2.94. The van der Waals surface area contributed by atoms with Crippen LogP contribution in [0, 0.1) is 5.41 Å². The molecule has 1 heterocycles. The maximum absolute atomic E-state index is 5.63. The van der Waals surface area contributed by atoms with E-state index in [1.807, 2.05) is 6.07 Å². The molecule has 0 spiro atoms. The summed E-state index contributed by atoms with van der Waals surface area (Å²) in [5.74, 6) is 2.29. The highest BCUT2D eigenvalue weighted by Crippen LogP contribution is 2.46. The van der Waals surface area contributed by atoms with E-state index < -0.39 is 0 Å². The molecular weight excluding hydrogens is 162 g/mol. The van der Waals surface area contributed by atoms with Crippen molar-refractivity contribution in [1.29, 1.82) is 0 Å². The van der Waals surface area contributed by atoms with Crippen molar-refractivity contribution in [3.8, 4) is 0 Å². The Morgan fingerprint density at radius 1 is 1.46 bits per heavy atom. The van der Waals surface area contributed by atoms with E-state index in [0.717, 1.165) is 12.2 Å². The standard InChI is InChI=1S/C11H17NO/c1-11(2,3)8-4-5-9-7(8)6-10(12)13-9/h6,8H,4-5,12H2,1-3H3. The van der Waals surface area contributed by atoms with Crippen LogP contribution in [0.1, 0.15) is 44.4 Å². The molecular formula is C11H17NO. The third-order valence-corrected chi connectivity index (χ3v) is 2.94. The van der Waals surface area contributed by atoms with Gasteiger partial charge in [-0.15, -0.1) is 0 Å². The van der Waals surface area contributed by atoms with Gasteiger partial charge in [-0.1, -0.05) is 20.8 Å². The monoisotopic (exact) mass is 179 g/mol. The van der Waals surface area contributed by atoms with Crippen LogP contribution >= 0.6 is 0 Å². The molecule has 0 radical (unpaired) electrons. The molecule has 2 rings (SSSR count). The van der Waals surface area contributed by atoms with E-state index in [-0.39, 0.29) is 0 Å². The second-order valence-corrected chi connectivity index (χ2v) is 4.98. The van der Waals surface area contributed by atoms with Crippen molar-refractivity contribution in [3.63, 3.8) is 0 Å². The predicted octanol–water partition coefficient (Wildman–Crippen LogP) is 2.94. The molecule has 1 aliphatic rings. The third kappa shape index (κ3) is 1.34. The summed E-state index contributed by atoms with van der Waals surface area (Å²) in [6.07, 6.45) is 2.26. The second kappa shape index (κ2) is 2.53. The lowest BCUT2D eigenvalue weighted by atomic mass is 9.78. The largest absolute Gasteiger partial charge is 0.446 e. The summed E-state index contributed by atoms with van der Waals surface area (Å²) in [5.41, 5.74) is 7.29. The van der Waals surface area contributed by atoms with Crippen LogP contribution in [0.25, 0.3) is 0 Å². The van der Waals surface area contributed by atoms with Crippen LogP contribution < -0.4 is 5.73 Å². The molecule has 2 N–H and O–H groups in total. The van der Waals surface area contributed by atoms with Gasteiger partial charge in [0, 0.05) is 12.5 Å². The first-order valence-electron chi connectivity index (χ1n) is 4.86. The van der Waals surface area contributed by atoms with Crippen LogP contribution in [-0.4, -0.2) is 0 Å². The first-order chi connectivity index (χ1) is 5.98. The van der Waals surface area contributed by atoms with Gasteiger partial charge in [-0.25, -0.2) is 0 Å². The number of anilines is 1. The zero-order chi connectivity index (χ0) is 9.64. The van der Waals surface area contributed by atoms with Crippen LogP contribution in [0.2, 0.25) is 0 Å². The fourth-order valence-corrected chi connectivity index (χ4v) is 2.29. The molecule has 1 aromatic heterocycles. The Morgan fingerprint density at radius 3 is 2.77 bits per heavy atom. The molecule has 0 amide bonds. The van der Waals surface area contributed by atoms with Crippen LogP contribution in [0.4, 0.5) is 5.88 Å². The van der Waals surface area contributed by atoms with Crippen molar-refractivity contribution >= 4 is 5.88 Å². The smallest absolute Gasteiger partial charge is 0.190 e. The van der Waals surface area contributed by atoms with Crippen molar-refractivity contribution in [2.45, 2.75) is 39.5 Å². The maximum Gasteiger partial charge on any atom is 0.190 e. The van der Waals surface area contributed by atoms with Crippen molar-refractivity contribution in [3.05, 3.63) is 17.4 Å². The Labute approximate surface area is 79.1 Å². The zero-order valence-corrected chi connectivity index (χ0v) is 8.55. The Morgan fingerprint density at radius 2 is 2.15 bits per heavy atom. The van der Waals surface area contributed by atoms with Crippen LogP contribution in [0.3, 0.4) is 0 Å². The van der Waals surface area contributed by atoms with Gasteiger partial charge in [-0.3, -0.25) is 0 Å². The van der Waals surface area contributed by atoms with Crippen LogP contribution in [0.15, 0.2) is 10.5 Å². The van der Waals surface area contributed by atoms with Gasteiger partial charge in [0.25, 0.3) is 0 Å². The number of nitrogens with two attached hydrogens (primary N) is 1. The minimum atomic E-state index is 0.321. The Hall–Kier alpha value is -0.920. The minimum absolute atomic E-state index is 0.321. The summed E-state index contributed by atoms with van der Waals surface area (Å²) in [6.45, 7) is 6.82. The fourth-order valence-electron chi connectivity index (χ4n) is 2.29. The van der Waals surface area contributed by atoms with E-state index in [9.17, 15) is 0 Å². The highest BCUT2D eigenvalue weighted by atomic mass is 16.4. The fraction of sp³-hybridized carbons (Fsp3) is 0.636. The van der Waals surface area contributed by atoms with E-state index in [0.29, 0.717) is 17.2 Å². The maximum atomic E-state index is 5.63. The molecule has 2 heteroatoms. The molecule has 1 unspecified atom stereocenters. The number of nitrogen functional groups attached to an aromatic ring is 1. The number of hydrogen-bond acceptors (Lipinski definition) is 2. The van der Waals surface area contributed by atoms with Crippen LogP contribution in [-0.2, 0) is 6.42 Å². The molecule has 0 bridgehead atoms. The van der Waals surface area contributed by atoms with Gasteiger partial charge in [0.1, 0.15) is 5.76 Å². The molecule has 1 aromatic rings. The van der Waals surface area contributed by atoms with Gasteiger partial charge in [0.15, 0.2) is 5.88 Å². The Kier molecular flexibility index (Phi) is 1.69. The van der Waals surface area contributed by atoms with E-state index in [1.165, 1.54) is 12.0 Å². The second-order valence-electron chi connectivity index (χ2n) is 4.98. The number of furan rings is 1. The molecule has 0 saturated carbocycles. The van der Waals surface area contributed by atoms with Crippen molar-refractivity contribution < 1.29 is 4.42 Å². The molecule has 1 aliphatic carbocycles. The first kappa shape index (κ1) is 8.67. The summed E-state index contributed by atoms with van der Waals surface area (Å²) >= 11 is 0. The molecule has 72 valence electrons. The number of rotatable bonds is 0. The zero-order valence-electron chi connectivity index (χ0n) is 8.55. The quantitative estimate of drug-likeness (QED) is 0.665. The number of aryl methyl sites for hydroxylation is 1. The van der Waals surface area contributed by atoms with E-state index in [2.05, 4.69) is 20.8 Å². The minimum Gasteiger partial charge on any atom is -0.446 e. The lowest BCUT2D eigenvalue weighted by molar-refractivity contribution is 0.319. The molecule has 0 aliphatic heterocycles. The van der Waals surface area contributed by atoms with Gasteiger partial charge in [-0.05, 0) is 23.3 Å². The average molecular weight is 179 g/mol. The van der Waals surface area contributed by atoms with Gasteiger partial charge < -0.3 is 10.2 Å². The summed E-state index contributed by atoms with van der Waals surface area (Å²) in [5, 5.41) is 0. The van der Waals surface area contributed by atoms with Crippen LogP contribution in [0.5, 0.6) is 0 Å². The average Bonchev–Trinajstić information content (AvgIpc) is 2.41. The SMILES string of the molecule is CC(C)(C)C1CCc2oc(N)cc21. The summed E-state index contributed by atoms with van der Waals surface area (Å²) in [7, 11) is 0. The van der Waals surface area contributed by atoms with Gasteiger partial charge in [-0.2, -0.15) is 0 Å². The summed E-state index contributed by atoms with van der Waals surface area (Å²) < 4.78 is 5.43. The van der Waals surface area contributed by atoms with E-state index in [4.69, 9.17) is 10.2 Å². The molecule has 1 atom stereocenters. The van der Waals surface area contributed by atoms with Gasteiger partial charge in [0.2, 0.25) is 0 Å². The molecule has 2 nitrogen and oxygen atoms in total. The predicted molar refractivity (Wildman–Crippen MR) is 53.6 cm³/mol. The van der Waals surface area contributed by atoms with Crippen molar-refractivity contribution in [2.75, 3.05) is 5.73 Å². The highest BCUT2D eigenvalue weighted by Gasteiger charge is 2.34. The highest BCUT2D eigenvalue weighted by molar-refractivity contribution is 5.40. The molecule has 0 aromatic carbocycles. The van der Waals surface area contributed by atoms with E-state index in [1.54, 1.807) is 0 Å².